The molecule has 9 heteroatoms. The Morgan fingerprint density at radius 3 is 2.53 bits per heavy atom. The molecule has 6 rings (SSSR count). The number of piperidine rings is 3. The van der Waals surface area contributed by atoms with Crippen molar-refractivity contribution in [3.8, 4) is 17.4 Å². The third-order valence-electron chi connectivity index (χ3n) is 5.77. The Hall–Kier alpha value is -2.19. The number of rotatable bonds is 6. The Balaban J connectivity index is 0.00000128. The number of para-hydroxylation sites is 1. The highest BCUT2D eigenvalue weighted by Gasteiger charge is 2.33. The van der Waals surface area contributed by atoms with E-state index < -0.39 is 0 Å². The lowest BCUT2D eigenvalue weighted by molar-refractivity contribution is 0.0720. The monoisotopic (exact) mass is 448 g/mol. The summed E-state index contributed by atoms with van der Waals surface area (Å²) < 4.78 is 7.57. The normalized spacial score (nSPS) is 22.1. The molecule has 0 spiro atoms. The summed E-state index contributed by atoms with van der Waals surface area (Å²) in [4.78, 5) is 2.57. The molecule has 0 aliphatic carbocycles. The lowest BCUT2D eigenvalue weighted by atomic mass is 9.84. The van der Waals surface area contributed by atoms with Crippen LogP contribution in [0.5, 0.6) is 11.8 Å². The van der Waals surface area contributed by atoms with Crippen LogP contribution in [0.25, 0.3) is 5.69 Å². The molecule has 0 radical (unpaired) electrons. The minimum absolute atomic E-state index is 0. The van der Waals surface area contributed by atoms with Crippen LogP contribution < -0.4 is 10.1 Å². The van der Waals surface area contributed by atoms with E-state index >= 15 is 0 Å². The van der Waals surface area contributed by atoms with E-state index in [0.717, 1.165) is 23.9 Å². The van der Waals surface area contributed by atoms with Crippen LogP contribution in [-0.2, 0) is 6.54 Å². The molecule has 2 aromatic carbocycles. The zero-order chi connectivity index (χ0) is 18.8. The van der Waals surface area contributed by atoms with Crippen molar-refractivity contribution in [3.63, 3.8) is 0 Å². The summed E-state index contributed by atoms with van der Waals surface area (Å²) in [5.41, 5.74) is 2.07. The van der Waals surface area contributed by atoms with Crippen molar-refractivity contribution in [2.75, 3.05) is 19.6 Å². The SMILES string of the molecule is Cl.Cl.c1ccc(-n2nnnc2Oc2cccc(CNC3CN4CCC3CC4)c2)cc1. The number of fused-ring (bicyclic) bond motifs is 3. The fourth-order valence-corrected chi connectivity index (χ4v) is 4.24. The third-order valence-corrected chi connectivity index (χ3v) is 5.77. The molecule has 3 fully saturated rings. The summed E-state index contributed by atoms with van der Waals surface area (Å²) in [6, 6.07) is 18.8. The first kappa shape index (κ1) is 22.5. The summed E-state index contributed by atoms with van der Waals surface area (Å²) >= 11 is 0. The van der Waals surface area contributed by atoms with Gasteiger partial charge in [0.25, 0.3) is 0 Å². The molecule has 3 aliphatic rings. The fraction of sp³-hybridized carbons (Fsp3) is 0.381. The molecule has 3 saturated heterocycles. The van der Waals surface area contributed by atoms with E-state index in [-0.39, 0.29) is 24.8 Å². The van der Waals surface area contributed by atoms with Crippen molar-refractivity contribution < 1.29 is 4.74 Å². The van der Waals surface area contributed by atoms with Gasteiger partial charge in [-0.25, -0.2) is 0 Å². The van der Waals surface area contributed by atoms with E-state index in [4.69, 9.17) is 4.74 Å². The van der Waals surface area contributed by atoms with Gasteiger partial charge in [0.05, 0.1) is 5.69 Å². The Bertz CT molecular complexity index is 930. The second-order valence-corrected chi connectivity index (χ2v) is 7.58. The number of hydrogen-bond donors (Lipinski definition) is 1. The van der Waals surface area contributed by atoms with E-state index in [1.807, 2.05) is 42.5 Å². The van der Waals surface area contributed by atoms with Crippen LogP contribution in [-0.4, -0.2) is 50.8 Å². The van der Waals surface area contributed by atoms with Crippen molar-refractivity contribution in [3.05, 3.63) is 60.2 Å². The highest BCUT2D eigenvalue weighted by atomic mass is 35.5. The van der Waals surface area contributed by atoms with Crippen molar-refractivity contribution in [2.24, 2.45) is 5.92 Å². The van der Waals surface area contributed by atoms with Crippen LogP contribution in [0.2, 0.25) is 0 Å². The lowest BCUT2D eigenvalue weighted by Gasteiger charge is -2.45. The van der Waals surface area contributed by atoms with E-state index in [1.54, 1.807) is 4.68 Å². The van der Waals surface area contributed by atoms with E-state index in [9.17, 15) is 0 Å². The number of nitrogens with zero attached hydrogens (tertiary/aromatic N) is 5. The van der Waals surface area contributed by atoms with Crippen molar-refractivity contribution in [2.45, 2.75) is 25.4 Å². The minimum Gasteiger partial charge on any atom is -0.423 e. The second-order valence-electron chi connectivity index (χ2n) is 7.58. The number of tetrazole rings is 1. The molecule has 7 nitrogen and oxygen atoms in total. The van der Waals surface area contributed by atoms with Gasteiger partial charge in [-0.2, -0.15) is 4.68 Å². The Labute approximate surface area is 188 Å². The van der Waals surface area contributed by atoms with Gasteiger partial charge in [0, 0.05) is 19.1 Å². The van der Waals surface area contributed by atoms with Crippen LogP contribution in [0.15, 0.2) is 54.6 Å². The van der Waals surface area contributed by atoms with Gasteiger partial charge >= 0.3 is 6.01 Å². The summed E-state index contributed by atoms with van der Waals surface area (Å²) in [6.07, 6.45) is 2.64. The molecule has 0 saturated carbocycles. The first-order valence-corrected chi connectivity index (χ1v) is 9.91. The fourth-order valence-electron chi connectivity index (χ4n) is 4.24. The zero-order valence-corrected chi connectivity index (χ0v) is 18.2. The van der Waals surface area contributed by atoms with Crippen molar-refractivity contribution >= 4 is 24.8 Å². The third kappa shape index (κ3) is 4.92. The summed E-state index contributed by atoms with van der Waals surface area (Å²) in [6.45, 7) is 4.55. The largest absolute Gasteiger partial charge is 0.423 e. The van der Waals surface area contributed by atoms with Crippen molar-refractivity contribution in [1.82, 2.24) is 30.4 Å². The average Bonchev–Trinajstić information content (AvgIpc) is 3.22. The van der Waals surface area contributed by atoms with E-state index in [0.29, 0.717) is 12.1 Å². The van der Waals surface area contributed by atoms with Crippen LogP contribution in [0.3, 0.4) is 0 Å². The Kier molecular flexibility index (Phi) is 7.66. The van der Waals surface area contributed by atoms with Crippen LogP contribution >= 0.6 is 24.8 Å². The zero-order valence-electron chi connectivity index (χ0n) is 16.6. The standard InChI is InChI=1S/C21H24N6O.2ClH/c1-2-6-18(7-3-1)27-21(23-24-25-27)28-19-8-4-5-16(13-19)14-22-20-15-26-11-9-17(20)10-12-26;;/h1-8,13,17,20,22H,9-12,14-15H2;2*1H. The summed E-state index contributed by atoms with van der Waals surface area (Å²) in [5.74, 6) is 1.56. The molecular weight excluding hydrogens is 423 g/mol. The van der Waals surface area contributed by atoms with Gasteiger partial charge in [0.1, 0.15) is 5.75 Å². The molecule has 160 valence electrons. The summed E-state index contributed by atoms with van der Waals surface area (Å²) in [7, 11) is 0. The number of nitrogens with one attached hydrogen (secondary N) is 1. The Morgan fingerprint density at radius 2 is 1.80 bits per heavy atom. The number of hydrogen-bond acceptors (Lipinski definition) is 6. The van der Waals surface area contributed by atoms with Gasteiger partial charge in [-0.15, -0.1) is 24.8 Å². The van der Waals surface area contributed by atoms with Gasteiger partial charge in [-0.05, 0) is 72.1 Å². The highest BCUT2D eigenvalue weighted by Crippen LogP contribution is 2.28. The molecule has 3 aliphatic heterocycles. The molecule has 1 aromatic heterocycles. The number of aromatic nitrogens is 4. The molecule has 1 atom stereocenters. The molecule has 1 N–H and O–H groups in total. The average molecular weight is 449 g/mol. The molecule has 3 aromatic rings. The topological polar surface area (TPSA) is 68.1 Å². The molecule has 1 unspecified atom stereocenters. The van der Waals surface area contributed by atoms with Gasteiger partial charge in [-0.1, -0.05) is 35.4 Å². The van der Waals surface area contributed by atoms with E-state index in [2.05, 4.69) is 37.9 Å². The molecule has 30 heavy (non-hydrogen) atoms. The van der Waals surface area contributed by atoms with Gasteiger partial charge in [-0.3, -0.25) is 0 Å². The van der Waals surface area contributed by atoms with Crippen LogP contribution in [0.4, 0.5) is 0 Å². The Morgan fingerprint density at radius 1 is 1.00 bits per heavy atom. The second kappa shape index (κ2) is 10.2. The summed E-state index contributed by atoms with van der Waals surface area (Å²) in [5, 5.41) is 15.6. The molecule has 4 heterocycles. The maximum atomic E-state index is 5.98. The predicted octanol–water partition coefficient (Wildman–Crippen LogP) is 3.48. The van der Waals surface area contributed by atoms with Gasteiger partial charge < -0.3 is 15.0 Å². The van der Waals surface area contributed by atoms with E-state index in [1.165, 1.54) is 38.0 Å². The molecular formula is C21H26Cl2N6O. The number of halogens is 2. The first-order valence-electron chi connectivity index (χ1n) is 9.91. The predicted molar refractivity (Wildman–Crippen MR) is 120 cm³/mol. The smallest absolute Gasteiger partial charge is 0.345 e. The number of ether oxygens (including phenoxy) is 1. The molecule has 2 bridgehead atoms. The van der Waals surface area contributed by atoms with Crippen LogP contribution in [0.1, 0.15) is 18.4 Å². The van der Waals surface area contributed by atoms with Crippen LogP contribution in [0, 0.1) is 5.92 Å². The molecule has 0 amide bonds. The van der Waals surface area contributed by atoms with Gasteiger partial charge in [0.2, 0.25) is 0 Å². The first-order chi connectivity index (χ1) is 13.8. The maximum absolute atomic E-state index is 5.98. The van der Waals surface area contributed by atoms with Gasteiger partial charge in [0.15, 0.2) is 0 Å². The highest BCUT2D eigenvalue weighted by molar-refractivity contribution is 5.85. The maximum Gasteiger partial charge on any atom is 0.345 e. The quantitative estimate of drug-likeness (QED) is 0.622. The number of benzene rings is 2. The minimum atomic E-state index is 0. The van der Waals surface area contributed by atoms with Crippen molar-refractivity contribution in [1.29, 1.82) is 0 Å². The lowest BCUT2D eigenvalue weighted by Crippen LogP contribution is -2.55.